The highest BCUT2D eigenvalue weighted by Crippen LogP contribution is 2.30. The van der Waals surface area contributed by atoms with Crippen molar-refractivity contribution in [2.75, 3.05) is 20.6 Å². The van der Waals surface area contributed by atoms with E-state index in [0.29, 0.717) is 12.1 Å². The van der Waals surface area contributed by atoms with Crippen LogP contribution in [0, 0.1) is 0 Å². The first-order valence-corrected chi connectivity index (χ1v) is 9.75. The molecular formula is C24H25N3O2. The predicted molar refractivity (Wildman–Crippen MR) is 116 cm³/mol. The molecule has 5 heteroatoms. The van der Waals surface area contributed by atoms with Gasteiger partial charge in [0.15, 0.2) is 0 Å². The van der Waals surface area contributed by atoms with Crippen molar-refractivity contribution in [2.45, 2.75) is 13.0 Å². The molecule has 3 aromatic carbocycles. The molecule has 0 saturated heterocycles. The molecule has 148 valence electrons. The van der Waals surface area contributed by atoms with E-state index in [-0.39, 0.29) is 0 Å². The number of para-hydroxylation sites is 1. The van der Waals surface area contributed by atoms with Gasteiger partial charge in [0.2, 0.25) is 0 Å². The number of rotatable bonds is 6. The monoisotopic (exact) mass is 387 g/mol. The van der Waals surface area contributed by atoms with E-state index in [1.165, 1.54) is 27.4 Å². The summed E-state index contributed by atoms with van der Waals surface area (Å²) < 4.78 is 2.32. The highest BCUT2D eigenvalue weighted by atomic mass is 16.5. The molecular weight excluding hydrogens is 362 g/mol. The van der Waals surface area contributed by atoms with E-state index in [0.717, 1.165) is 18.5 Å². The molecule has 1 heterocycles. The van der Waals surface area contributed by atoms with Gasteiger partial charge >= 0.3 is 0 Å². The van der Waals surface area contributed by atoms with E-state index >= 15 is 0 Å². The Morgan fingerprint density at radius 1 is 0.931 bits per heavy atom. The summed E-state index contributed by atoms with van der Waals surface area (Å²) in [5, 5.41) is 11.3. The summed E-state index contributed by atoms with van der Waals surface area (Å²) in [4.78, 5) is 13.8. The van der Waals surface area contributed by atoms with Gasteiger partial charge < -0.3 is 9.47 Å². The molecule has 0 atom stereocenters. The number of amides is 1. The van der Waals surface area contributed by atoms with Gasteiger partial charge in [-0.05, 0) is 62.0 Å². The second kappa shape index (κ2) is 8.07. The summed E-state index contributed by atoms with van der Waals surface area (Å²) >= 11 is 0. The standard InChI is InChI=1S/C24H25N3O2/c1-26(2)14-13-17-9-12-23-21(15-17)20-5-3-4-6-22(20)27(23)16-18-7-10-19(11-8-18)24(28)25-29/h3-12,15,29H,13-14,16H2,1-2H3,(H,25,28). The minimum Gasteiger partial charge on any atom is -0.336 e. The molecule has 2 N–H and O–H groups in total. The van der Waals surface area contributed by atoms with Crippen LogP contribution in [-0.2, 0) is 13.0 Å². The van der Waals surface area contributed by atoms with Crippen molar-refractivity contribution in [3.63, 3.8) is 0 Å². The van der Waals surface area contributed by atoms with Gasteiger partial charge in [0, 0.05) is 40.5 Å². The molecule has 0 aliphatic heterocycles. The largest absolute Gasteiger partial charge is 0.336 e. The van der Waals surface area contributed by atoms with Crippen molar-refractivity contribution in [1.29, 1.82) is 0 Å². The zero-order valence-electron chi connectivity index (χ0n) is 16.7. The number of hydrogen-bond donors (Lipinski definition) is 2. The third-order valence-corrected chi connectivity index (χ3v) is 5.34. The maximum atomic E-state index is 11.5. The zero-order valence-corrected chi connectivity index (χ0v) is 16.7. The van der Waals surface area contributed by atoms with Crippen molar-refractivity contribution in [2.24, 2.45) is 0 Å². The normalized spacial score (nSPS) is 11.4. The Morgan fingerprint density at radius 3 is 2.34 bits per heavy atom. The van der Waals surface area contributed by atoms with E-state index in [1.807, 2.05) is 12.1 Å². The molecule has 1 amide bonds. The fourth-order valence-corrected chi connectivity index (χ4v) is 3.79. The SMILES string of the molecule is CN(C)CCc1ccc2c(c1)c1ccccc1n2Cc1ccc(C(=O)NO)cc1. The summed E-state index contributed by atoms with van der Waals surface area (Å²) in [6.45, 7) is 1.74. The zero-order chi connectivity index (χ0) is 20.4. The fraction of sp³-hybridized carbons (Fsp3) is 0.208. The van der Waals surface area contributed by atoms with Gasteiger partial charge in [-0.3, -0.25) is 10.0 Å². The summed E-state index contributed by atoms with van der Waals surface area (Å²) in [6.07, 6.45) is 1.02. The molecule has 29 heavy (non-hydrogen) atoms. The molecule has 0 radical (unpaired) electrons. The van der Waals surface area contributed by atoms with E-state index in [9.17, 15) is 4.79 Å². The quantitative estimate of drug-likeness (QED) is 0.387. The van der Waals surface area contributed by atoms with Crippen molar-refractivity contribution >= 4 is 27.7 Å². The first kappa shape index (κ1) is 19.2. The second-order valence-corrected chi connectivity index (χ2v) is 7.65. The number of hydrogen-bond acceptors (Lipinski definition) is 3. The first-order valence-electron chi connectivity index (χ1n) is 9.75. The van der Waals surface area contributed by atoms with Crippen LogP contribution in [0.2, 0.25) is 0 Å². The molecule has 5 nitrogen and oxygen atoms in total. The number of aromatic nitrogens is 1. The molecule has 4 rings (SSSR count). The minimum atomic E-state index is -0.501. The van der Waals surface area contributed by atoms with Gasteiger partial charge in [-0.2, -0.15) is 0 Å². The highest BCUT2D eigenvalue weighted by molar-refractivity contribution is 6.08. The van der Waals surface area contributed by atoms with Crippen LogP contribution in [0.15, 0.2) is 66.7 Å². The van der Waals surface area contributed by atoms with Gasteiger partial charge in [-0.25, -0.2) is 5.48 Å². The van der Waals surface area contributed by atoms with Crippen LogP contribution in [0.5, 0.6) is 0 Å². The van der Waals surface area contributed by atoms with Crippen molar-refractivity contribution in [3.8, 4) is 0 Å². The Kier molecular flexibility index (Phi) is 5.34. The summed E-state index contributed by atoms with van der Waals surface area (Å²) in [6, 6.07) is 22.5. The minimum absolute atomic E-state index is 0.434. The van der Waals surface area contributed by atoms with Gasteiger partial charge in [-0.1, -0.05) is 36.4 Å². The van der Waals surface area contributed by atoms with Crippen LogP contribution in [0.1, 0.15) is 21.5 Å². The van der Waals surface area contributed by atoms with Crippen LogP contribution < -0.4 is 5.48 Å². The Morgan fingerprint density at radius 2 is 1.62 bits per heavy atom. The van der Waals surface area contributed by atoms with Crippen LogP contribution >= 0.6 is 0 Å². The number of likely N-dealkylation sites (N-methyl/N-ethyl adjacent to an activating group) is 1. The third-order valence-electron chi connectivity index (χ3n) is 5.34. The fourth-order valence-electron chi connectivity index (χ4n) is 3.79. The molecule has 0 aliphatic rings. The number of nitrogens with one attached hydrogen (secondary N) is 1. The van der Waals surface area contributed by atoms with E-state index in [1.54, 1.807) is 17.6 Å². The Labute approximate surface area is 170 Å². The predicted octanol–water partition coefficient (Wildman–Crippen LogP) is 4.07. The molecule has 0 spiro atoms. The summed E-state index contributed by atoms with van der Waals surface area (Å²) in [7, 11) is 4.19. The van der Waals surface area contributed by atoms with Crippen LogP contribution in [0.4, 0.5) is 0 Å². The first-order chi connectivity index (χ1) is 14.1. The smallest absolute Gasteiger partial charge is 0.274 e. The molecule has 0 unspecified atom stereocenters. The van der Waals surface area contributed by atoms with Crippen molar-refractivity contribution in [3.05, 3.63) is 83.4 Å². The molecule has 4 aromatic rings. The van der Waals surface area contributed by atoms with E-state index in [4.69, 9.17) is 5.21 Å². The Hall–Kier alpha value is -3.15. The van der Waals surface area contributed by atoms with Crippen LogP contribution in [-0.4, -0.2) is 41.2 Å². The average molecular weight is 387 g/mol. The van der Waals surface area contributed by atoms with Crippen molar-refractivity contribution < 1.29 is 10.0 Å². The third kappa shape index (κ3) is 3.88. The molecule has 1 aromatic heterocycles. The molecule has 0 saturated carbocycles. The van der Waals surface area contributed by atoms with Gasteiger partial charge in [-0.15, -0.1) is 0 Å². The summed E-state index contributed by atoms with van der Waals surface area (Å²) in [5.74, 6) is -0.501. The number of carbonyl (C=O) groups is 1. The van der Waals surface area contributed by atoms with Gasteiger partial charge in [0.05, 0.1) is 0 Å². The lowest BCUT2D eigenvalue weighted by molar-refractivity contribution is 0.0706. The number of benzene rings is 3. The lowest BCUT2D eigenvalue weighted by Gasteiger charge is -2.10. The lowest BCUT2D eigenvalue weighted by Crippen LogP contribution is -2.18. The number of hydroxylamine groups is 1. The van der Waals surface area contributed by atoms with Gasteiger partial charge in [0.1, 0.15) is 0 Å². The summed E-state index contributed by atoms with van der Waals surface area (Å²) in [5.41, 5.74) is 6.95. The van der Waals surface area contributed by atoms with Gasteiger partial charge in [0.25, 0.3) is 5.91 Å². The molecule has 0 bridgehead atoms. The molecule has 0 fully saturated rings. The highest BCUT2D eigenvalue weighted by Gasteiger charge is 2.12. The Bertz CT molecular complexity index is 1160. The van der Waals surface area contributed by atoms with Crippen LogP contribution in [0.3, 0.4) is 0 Å². The van der Waals surface area contributed by atoms with E-state index < -0.39 is 5.91 Å². The number of carbonyl (C=O) groups excluding carboxylic acids is 1. The lowest BCUT2D eigenvalue weighted by atomic mass is 10.1. The van der Waals surface area contributed by atoms with Crippen molar-refractivity contribution in [1.82, 2.24) is 14.9 Å². The Balaban J connectivity index is 1.74. The maximum Gasteiger partial charge on any atom is 0.274 e. The topological polar surface area (TPSA) is 57.5 Å². The van der Waals surface area contributed by atoms with E-state index in [2.05, 4.69) is 66.0 Å². The molecule has 0 aliphatic carbocycles. The number of nitrogens with zero attached hydrogens (tertiary/aromatic N) is 2. The van der Waals surface area contributed by atoms with Crippen LogP contribution in [0.25, 0.3) is 21.8 Å². The number of fused-ring (bicyclic) bond motifs is 3. The second-order valence-electron chi connectivity index (χ2n) is 7.65. The maximum absolute atomic E-state index is 11.5. The average Bonchev–Trinajstić information content (AvgIpc) is 3.05.